The van der Waals surface area contributed by atoms with E-state index < -0.39 is 5.97 Å². The van der Waals surface area contributed by atoms with Crippen LogP contribution in [-0.2, 0) is 9.57 Å². The second-order valence-electron chi connectivity index (χ2n) is 4.73. The van der Waals surface area contributed by atoms with E-state index in [1.54, 1.807) is 49.4 Å². The number of oxime groups is 1. The van der Waals surface area contributed by atoms with Gasteiger partial charge in [0.15, 0.2) is 5.75 Å². The molecule has 0 N–H and O–H groups in total. The third-order valence-corrected chi connectivity index (χ3v) is 3.48. The van der Waals surface area contributed by atoms with Crippen LogP contribution in [0.1, 0.15) is 22.8 Å². The van der Waals surface area contributed by atoms with Gasteiger partial charge >= 0.3 is 5.97 Å². The molecule has 25 heavy (non-hydrogen) atoms. The third-order valence-electron chi connectivity index (χ3n) is 3.18. The molecule has 0 radical (unpaired) electrons. The lowest BCUT2D eigenvalue weighted by atomic mass is 10.1. The highest BCUT2D eigenvalue weighted by Gasteiger charge is 2.24. The summed E-state index contributed by atoms with van der Waals surface area (Å²) in [5.41, 5.74) is 0.655. The molecule has 0 aliphatic heterocycles. The predicted molar refractivity (Wildman–Crippen MR) is 94.6 cm³/mol. The van der Waals surface area contributed by atoms with Crippen LogP contribution >= 0.6 is 11.6 Å². The maximum Gasteiger partial charge on any atom is 0.344 e. The summed E-state index contributed by atoms with van der Waals surface area (Å²) in [6.45, 7) is 2.05. The molecular weight excluding hydrogens is 346 g/mol. The molecule has 2 rings (SSSR count). The number of benzene rings is 2. The summed E-state index contributed by atoms with van der Waals surface area (Å²) in [4.78, 5) is 17.5. The van der Waals surface area contributed by atoms with Crippen LogP contribution in [0.4, 0.5) is 0 Å². The molecule has 0 saturated carbocycles. The van der Waals surface area contributed by atoms with Crippen LogP contribution in [0.5, 0.6) is 11.5 Å². The first-order chi connectivity index (χ1) is 12.1. The standard InChI is InChI=1S/C18H18ClNO5/c1-4-24-20-17(25-18(21)12-8-6-5-7-9-12)15-14(22-2)11-10-13(19)16(15)23-3/h5-11H,4H2,1-3H3/b20-17-. The van der Waals surface area contributed by atoms with Crippen LogP contribution in [0.2, 0.25) is 5.02 Å². The number of nitrogens with zero attached hydrogens (tertiary/aromatic N) is 1. The van der Waals surface area contributed by atoms with Gasteiger partial charge in [-0.15, -0.1) is 0 Å². The molecule has 7 heteroatoms. The van der Waals surface area contributed by atoms with Crippen molar-refractivity contribution in [3.8, 4) is 11.5 Å². The monoisotopic (exact) mass is 363 g/mol. The molecule has 0 amide bonds. The van der Waals surface area contributed by atoms with Crippen molar-refractivity contribution in [1.82, 2.24) is 0 Å². The van der Waals surface area contributed by atoms with Crippen molar-refractivity contribution in [3.05, 3.63) is 58.6 Å². The first kappa shape index (κ1) is 18.6. The lowest BCUT2D eigenvalue weighted by Crippen LogP contribution is -2.16. The van der Waals surface area contributed by atoms with E-state index in [1.807, 2.05) is 0 Å². The Balaban J connectivity index is 2.48. The van der Waals surface area contributed by atoms with Crippen molar-refractivity contribution in [2.24, 2.45) is 5.16 Å². The molecule has 0 aliphatic carbocycles. The van der Waals surface area contributed by atoms with Crippen molar-refractivity contribution in [2.75, 3.05) is 20.8 Å². The van der Waals surface area contributed by atoms with Gasteiger partial charge in [-0.3, -0.25) is 0 Å². The summed E-state index contributed by atoms with van der Waals surface area (Å²) in [6, 6.07) is 11.8. The highest BCUT2D eigenvalue weighted by atomic mass is 35.5. The van der Waals surface area contributed by atoms with Crippen LogP contribution in [0.15, 0.2) is 47.6 Å². The number of hydrogen-bond acceptors (Lipinski definition) is 6. The Labute approximate surface area is 150 Å². The largest absolute Gasteiger partial charge is 0.496 e. The van der Waals surface area contributed by atoms with Gasteiger partial charge in [0.2, 0.25) is 0 Å². The second-order valence-corrected chi connectivity index (χ2v) is 5.13. The molecule has 2 aromatic carbocycles. The lowest BCUT2D eigenvalue weighted by molar-refractivity contribution is 0.0693. The maximum absolute atomic E-state index is 12.4. The topological polar surface area (TPSA) is 66.4 Å². The Bertz CT molecular complexity index is 762. The van der Waals surface area contributed by atoms with Crippen molar-refractivity contribution in [1.29, 1.82) is 0 Å². The van der Waals surface area contributed by atoms with Crippen molar-refractivity contribution >= 4 is 23.5 Å². The molecule has 0 fully saturated rings. The van der Waals surface area contributed by atoms with Gasteiger partial charge in [-0.1, -0.05) is 29.8 Å². The highest BCUT2D eigenvalue weighted by Crippen LogP contribution is 2.36. The van der Waals surface area contributed by atoms with Crippen LogP contribution < -0.4 is 9.47 Å². The van der Waals surface area contributed by atoms with Crippen LogP contribution in [0, 0.1) is 0 Å². The molecule has 0 heterocycles. The molecule has 6 nitrogen and oxygen atoms in total. The number of halogens is 1. The molecule has 0 atom stereocenters. The van der Waals surface area contributed by atoms with E-state index in [9.17, 15) is 4.79 Å². The minimum Gasteiger partial charge on any atom is -0.496 e. The number of methoxy groups -OCH3 is 2. The van der Waals surface area contributed by atoms with Gasteiger partial charge in [-0.2, -0.15) is 0 Å². The quantitative estimate of drug-likeness (QED) is 0.337. The highest BCUT2D eigenvalue weighted by molar-refractivity contribution is 6.33. The number of carbonyl (C=O) groups excluding carboxylic acids is 1. The predicted octanol–water partition coefficient (Wildman–Crippen LogP) is 3.91. The van der Waals surface area contributed by atoms with Crippen molar-refractivity contribution in [3.63, 3.8) is 0 Å². The van der Waals surface area contributed by atoms with E-state index in [4.69, 9.17) is 30.6 Å². The molecule has 0 spiro atoms. The first-order valence-corrected chi connectivity index (χ1v) is 7.88. The average Bonchev–Trinajstić information content (AvgIpc) is 2.65. The molecular formula is C18H18ClNO5. The summed E-state index contributed by atoms with van der Waals surface area (Å²) < 4.78 is 16.1. The van der Waals surface area contributed by atoms with Gasteiger partial charge in [-0.05, 0) is 36.3 Å². The third kappa shape index (κ3) is 4.42. The Hall–Kier alpha value is -2.73. The van der Waals surface area contributed by atoms with Crippen LogP contribution in [0.3, 0.4) is 0 Å². The fourth-order valence-corrected chi connectivity index (χ4v) is 2.31. The molecule has 132 valence electrons. The van der Waals surface area contributed by atoms with Gasteiger partial charge in [0, 0.05) is 0 Å². The fourth-order valence-electron chi connectivity index (χ4n) is 2.07. The van der Waals surface area contributed by atoms with Gasteiger partial charge in [0.1, 0.15) is 17.9 Å². The van der Waals surface area contributed by atoms with E-state index >= 15 is 0 Å². The molecule has 0 aliphatic rings. The van der Waals surface area contributed by atoms with Crippen molar-refractivity contribution in [2.45, 2.75) is 6.92 Å². The molecule has 0 bridgehead atoms. The zero-order chi connectivity index (χ0) is 18.2. The summed E-state index contributed by atoms with van der Waals surface area (Å²) in [7, 11) is 2.92. The Morgan fingerprint density at radius 1 is 1.08 bits per heavy atom. The van der Waals surface area contributed by atoms with Gasteiger partial charge < -0.3 is 19.0 Å². The molecule has 0 saturated heterocycles. The van der Waals surface area contributed by atoms with E-state index in [2.05, 4.69) is 5.16 Å². The Morgan fingerprint density at radius 3 is 2.40 bits per heavy atom. The minimum atomic E-state index is -0.594. The van der Waals surface area contributed by atoms with Gasteiger partial charge in [0.05, 0.1) is 24.8 Å². The van der Waals surface area contributed by atoms with E-state index in [-0.39, 0.29) is 23.8 Å². The maximum atomic E-state index is 12.4. The van der Waals surface area contributed by atoms with Crippen molar-refractivity contribution < 1.29 is 23.8 Å². The number of rotatable bonds is 6. The normalized spacial score (nSPS) is 11.0. The van der Waals surface area contributed by atoms with Crippen LogP contribution in [0.25, 0.3) is 0 Å². The Morgan fingerprint density at radius 2 is 1.80 bits per heavy atom. The van der Waals surface area contributed by atoms with E-state index in [1.165, 1.54) is 14.2 Å². The van der Waals surface area contributed by atoms with Gasteiger partial charge in [0.25, 0.3) is 5.90 Å². The number of hydrogen-bond donors (Lipinski definition) is 0. The van der Waals surface area contributed by atoms with Crippen LogP contribution in [-0.4, -0.2) is 32.7 Å². The molecule has 2 aromatic rings. The minimum absolute atomic E-state index is 0.105. The van der Waals surface area contributed by atoms with Gasteiger partial charge in [-0.25, -0.2) is 4.79 Å². The number of ether oxygens (including phenoxy) is 3. The number of carbonyl (C=O) groups is 1. The SMILES string of the molecule is CCO/N=C(\OC(=O)c1ccccc1)c1c(OC)ccc(Cl)c1OC. The summed E-state index contributed by atoms with van der Waals surface area (Å²) in [5, 5.41) is 4.21. The Kier molecular flexibility index (Phi) is 6.65. The molecule has 0 unspecified atom stereocenters. The summed E-state index contributed by atoms with van der Waals surface area (Å²) in [5.74, 6) is -0.0593. The lowest BCUT2D eigenvalue weighted by Gasteiger charge is -2.15. The average molecular weight is 364 g/mol. The van der Waals surface area contributed by atoms with E-state index in [0.717, 1.165) is 0 Å². The summed E-state index contributed by atoms with van der Waals surface area (Å²) in [6.07, 6.45) is 0. The van der Waals surface area contributed by atoms with E-state index in [0.29, 0.717) is 16.3 Å². The summed E-state index contributed by atoms with van der Waals surface area (Å²) >= 11 is 6.17. The zero-order valence-electron chi connectivity index (χ0n) is 14.1. The second kappa shape index (κ2) is 8.94. The first-order valence-electron chi connectivity index (χ1n) is 7.50. The zero-order valence-corrected chi connectivity index (χ0v) is 14.9. The molecule has 0 aromatic heterocycles. The fraction of sp³-hybridized carbons (Fsp3) is 0.222. The smallest absolute Gasteiger partial charge is 0.344 e. The number of esters is 1.